The Morgan fingerprint density at radius 2 is 1.68 bits per heavy atom. The van der Waals surface area contributed by atoms with E-state index < -0.39 is 11.2 Å². The van der Waals surface area contributed by atoms with E-state index in [2.05, 4.69) is 53.5 Å². The van der Waals surface area contributed by atoms with Gasteiger partial charge in [0.05, 0.1) is 19.3 Å². The van der Waals surface area contributed by atoms with E-state index in [-0.39, 0.29) is 29.1 Å². The van der Waals surface area contributed by atoms with Crippen LogP contribution in [0.3, 0.4) is 0 Å². The summed E-state index contributed by atoms with van der Waals surface area (Å²) in [5.74, 6) is 0.100. The third kappa shape index (κ3) is 3.61. The number of hydrogen-bond acceptors (Lipinski definition) is 6. The third-order valence-electron chi connectivity index (χ3n) is 8.61. The van der Waals surface area contributed by atoms with E-state index in [4.69, 9.17) is 4.74 Å². The number of rotatable bonds is 2. The van der Waals surface area contributed by atoms with Gasteiger partial charge in [0.2, 0.25) is 5.43 Å². The van der Waals surface area contributed by atoms with Crippen molar-refractivity contribution in [1.29, 1.82) is 0 Å². The number of aromatic hydroxyl groups is 1. The summed E-state index contributed by atoms with van der Waals surface area (Å²) in [7, 11) is 0. The number of carbonyl (C=O) groups is 1. The fourth-order valence-electron chi connectivity index (χ4n) is 6.46. The van der Waals surface area contributed by atoms with Gasteiger partial charge in [0.1, 0.15) is 6.67 Å². The maximum Gasteiger partial charge on any atom is 0.278 e. The van der Waals surface area contributed by atoms with E-state index in [0.29, 0.717) is 6.67 Å². The Morgan fingerprint density at radius 1 is 0.946 bits per heavy atom. The monoisotopic (exact) mass is 515 g/mol. The van der Waals surface area contributed by atoms with Crippen molar-refractivity contribution in [3.8, 4) is 5.75 Å². The van der Waals surface area contributed by atoms with Gasteiger partial charge < -0.3 is 14.7 Å². The Kier molecular flexibility index (Phi) is 5.37. The molecule has 1 saturated carbocycles. The molecule has 1 spiro atoms. The summed E-state index contributed by atoms with van der Waals surface area (Å²) in [6.45, 7) is 2.00. The summed E-state index contributed by atoms with van der Waals surface area (Å²) >= 11 is 1.82. The average molecular weight is 516 g/mol. The molecular formula is C29H29N3O4S. The lowest BCUT2D eigenvalue weighted by atomic mass is 9.71. The van der Waals surface area contributed by atoms with Crippen molar-refractivity contribution >= 4 is 17.7 Å². The predicted octanol–water partition coefficient (Wildman–Crippen LogP) is 4.26. The summed E-state index contributed by atoms with van der Waals surface area (Å²) in [5, 5.41) is 13.0. The number of hydrogen-bond donors (Lipinski definition) is 1. The highest BCUT2D eigenvalue weighted by Crippen LogP contribution is 2.46. The number of ether oxygens (including phenoxy) is 1. The van der Waals surface area contributed by atoms with Crippen LogP contribution in [0.1, 0.15) is 58.9 Å². The van der Waals surface area contributed by atoms with E-state index in [1.807, 2.05) is 16.7 Å². The van der Waals surface area contributed by atoms with Gasteiger partial charge >= 0.3 is 0 Å². The quantitative estimate of drug-likeness (QED) is 0.550. The number of aromatic nitrogens is 1. The molecule has 190 valence electrons. The highest BCUT2D eigenvalue weighted by atomic mass is 32.2. The number of pyridine rings is 1. The number of fused-ring (bicyclic) bond motifs is 3. The molecule has 4 aliphatic rings. The number of carbonyl (C=O) groups excluding carboxylic acids is 1. The van der Waals surface area contributed by atoms with Crippen LogP contribution in [0.15, 0.2) is 70.5 Å². The van der Waals surface area contributed by atoms with Crippen molar-refractivity contribution in [3.05, 3.63) is 93.4 Å². The molecule has 2 fully saturated rings. The molecule has 8 heteroatoms. The molecule has 1 aliphatic carbocycles. The zero-order valence-electron chi connectivity index (χ0n) is 20.5. The normalized spacial score (nSPS) is 22.6. The molecule has 1 aromatic heterocycles. The van der Waals surface area contributed by atoms with Crippen LogP contribution in [-0.4, -0.2) is 46.5 Å². The van der Waals surface area contributed by atoms with Gasteiger partial charge in [-0.05, 0) is 48.4 Å². The number of benzene rings is 2. The summed E-state index contributed by atoms with van der Waals surface area (Å²) in [5.41, 5.74) is 3.36. The van der Waals surface area contributed by atoms with Crippen LogP contribution in [0.5, 0.6) is 5.75 Å². The lowest BCUT2D eigenvalue weighted by Crippen LogP contribution is -2.59. The van der Waals surface area contributed by atoms with Crippen LogP contribution in [0.4, 0.5) is 0 Å². The first-order chi connectivity index (χ1) is 18.0. The minimum Gasteiger partial charge on any atom is -0.502 e. The van der Waals surface area contributed by atoms with Crippen LogP contribution in [0.2, 0.25) is 0 Å². The second-order valence-corrected chi connectivity index (χ2v) is 11.7. The molecule has 3 aromatic rings. The average Bonchev–Trinajstić information content (AvgIpc) is 3.07. The number of nitrogens with zero attached hydrogens (tertiary/aromatic N) is 3. The smallest absolute Gasteiger partial charge is 0.278 e. The van der Waals surface area contributed by atoms with Crippen molar-refractivity contribution in [3.63, 3.8) is 0 Å². The van der Waals surface area contributed by atoms with E-state index in [9.17, 15) is 14.7 Å². The number of thioether (sulfide) groups is 1. The Balaban J connectivity index is 1.37. The summed E-state index contributed by atoms with van der Waals surface area (Å²) in [6, 6.07) is 18.1. The van der Waals surface area contributed by atoms with Gasteiger partial charge in [-0.15, -0.1) is 11.8 Å². The molecule has 1 amide bonds. The van der Waals surface area contributed by atoms with Crippen LogP contribution in [-0.2, 0) is 10.5 Å². The molecule has 0 bridgehead atoms. The van der Waals surface area contributed by atoms with Gasteiger partial charge in [-0.3, -0.25) is 19.3 Å². The van der Waals surface area contributed by atoms with Gasteiger partial charge in [-0.2, -0.15) is 0 Å². The zero-order chi connectivity index (χ0) is 25.1. The van der Waals surface area contributed by atoms with Crippen molar-refractivity contribution in [1.82, 2.24) is 9.58 Å². The Hall–Kier alpha value is -3.23. The predicted molar refractivity (Wildman–Crippen MR) is 141 cm³/mol. The molecule has 7 nitrogen and oxygen atoms in total. The third-order valence-corrected chi connectivity index (χ3v) is 9.75. The molecule has 1 N–H and O–H groups in total. The molecule has 37 heavy (non-hydrogen) atoms. The van der Waals surface area contributed by atoms with E-state index in [0.717, 1.165) is 50.2 Å². The Morgan fingerprint density at radius 3 is 2.43 bits per heavy atom. The van der Waals surface area contributed by atoms with Crippen molar-refractivity contribution in [2.24, 2.45) is 5.41 Å². The molecule has 7 rings (SSSR count). The van der Waals surface area contributed by atoms with E-state index >= 15 is 0 Å². The lowest BCUT2D eigenvalue weighted by Gasteiger charge is -2.51. The van der Waals surface area contributed by atoms with Crippen LogP contribution in [0.25, 0.3) is 0 Å². The highest BCUT2D eigenvalue weighted by molar-refractivity contribution is 7.98. The minimum absolute atomic E-state index is 0.0512. The fraction of sp³-hybridized carbons (Fsp3) is 0.379. The molecule has 0 unspecified atom stereocenters. The van der Waals surface area contributed by atoms with Gasteiger partial charge in [0.25, 0.3) is 5.91 Å². The molecule has 0 radical (unpaired) electrons. The first kappa shape index (κ1) is 22.9. The Labute approximate surface area is 219 Å². The molecule has 1 atom stereocenters. The topological polar surface area (TPSA) is 75.0 Å². The Bertz CT molecular complexity index is 1390. The fourth-order valence-corrected chi connectivity index (χ4v) is 7.56. The zero-order valence-corrected chi connectivity index (χ0v) is 21.3. The first-order valence-corrected chi connectivity index (χ1v) is 13.9. The van der Waals surface area contributed by atoms with Crippen LogP contribution < -0.4 is 10.4 Å². The van der Waals surface area contributed by atoms with E-state index in [1.54, 1.807) is 10.9 Å². The molecular weight excluding hydrogens is 486 g/mol. The van der Waals surface area contributed by atoms with Crippen molar-refractivity contribution in [2.75, 3.05) is 24.9 Å². The van der Waals surface area contributed by atoms with Crippen molar-refractivity contribution in [2.45, 2.75) is 48.4 Å². The highest BCUT2D eigenvalue weighted by Gasteiger charge is 2.46. The minimum atomic E-state index is -0.534. The second kappa shape index (κ2) is 8.67. The summed E-state index contributed by atoms with van der Waals surface area (Å²) in [4.78, 5) is 29.5. The van der Waals surface area contributed by atoms with Gasteiger partial charge in [-0.25, -0.2) is 0 Å². The maximum absolute atomic E-state index is 13.9. The van der Waals surface area contributed by atoms with Gasteiger partial charge in [-0.1, -0.05) is 42.5 Å². The molecule has 4 heterocycles. The van der Waals surface area contributed by atoms with Gasteiger partial charge in [0, 0.05) is 34.4 Å². The standard InChI is InChI=1S/C29H29N3O4S/c33-23-11-14-31-26(27(23)34)28(35)30(20-9-12-29(13-10-20)16-36-17-29)18-32(31)25-21-6-2-1-5-19(21)15-37-24-8-4-3-7-22(24)25/h1-8,11,14,20,25,34H,9-10,12-13,15-18H2/t25-/m0/s1. The second-order valence-electron chi connectivity index (χ2n) is 10.7. The largest absolute Gasteiger partial charge is 0.502 e. The molecule has 3 aliphatic heterocycles. The van der Waals surface area contributed by atoms with Crippen LogP contribution in [0, 0.1) is 5.41 Å². The molecule has 1 saturated heterocycles. The van der Waals surface area contributed by atoms with E-state index in [1.165, 1.54) is 22.1 Å². The van der Waals surface area contributed by atoms with Crippen LogP contribution >= 0.6 is 11.8 Å². The van der Waals surface area contributed by atoms with Gasteiger partial charge in [0.15, 0.2) is 11.4 Å². The summed E-state index contributed by atoms with van der Waals surface area (Å²) < 4.78 is 7.22. The maximum atomic E-state index is 13.9. The van der Waals surface area contributed by atoms with Crippen molar-refractivity contribution < 1.29 is 14.6 Å². The summed E-state index contributed by atoms with van der Waals surface area (Å²) in [6.07, 6.45) is 5.49. The molecule has 2 aromatic carbocycles. The lowest BCUT2D eigenvalue weighted by molar-refractivity contribution is -0.137. The first-order valence-electron chi connectivity index (χ1n) is 12.9. The number of amides is 1. The SMILES string of the molecule is O=C1c2c(O)c(=O)ccn2N([C@H]2c3ccccc3CSc3ccccc32)CN1C1CCC2(CC1)COC2.